The van der Waals surface area contributed by atoms with Crippen molar-refractivity contribution in [3.05, 3.63) is 88.9 Å². The number of anilines is 2. The van der Waals surface area contributed by atoms with Crippen LogP contribution in [0.1, 0.15) is 27.0 Å². The van der Waals surface area contributed by atoms with Crippen molar-refractivity contribution in [2.45, 2.75) is 20.3 Å². The highest BCUT2D eigenvalue weighted by Gasteiger charge is 2.10. The number of carbonyl (C=O) groups is 1. The molecule has 0 spiro atoms. The van der Waals surface area contributed by atoms with E-state index in [-0.39, 0.29) is 11.7 Å². The van der Waals surface area contributed by atoms with Gasteiger partial charge in [-0.05, 0) is 61.2 Å². The number of halogens is 1. The fourth-order valence-electron chi connectivity index (χ4n) is 2.85. The van der Waals surface area contributed by atoms with E-state index in [1.165, 1.54) is 12.1 Å². The molecule has 0 aliphatic heterocycles. The summed E-state index contributed by atoms with van der Waals surface area (Å²) >= 11 is 0. The van der Waals surface area contributed by atoms with E-state index in [0.29, 0.717) is 17.9 Å². The first-order valence-electron chi connectivity index (χ1n) is 8.85. The number of nitrogens with one attached hydrogen (secondary N) is 2. The van der Waals surface area contributed by atoms with E-state index in [1.807, 2.05) is 32.0 Å². The second kappa shape index (κ2) is 8.45. The summed E-state index contributed by atoms with van der Waals surface area (Å²) in [5, 5.41) is 6.18. The SMILES string of the molecule is Cc1cccc(C)c1NC(=O)c1ccnc(NCCc2ccc(F)cc2)c1. The van der Waals surface area contributed by atoms with Gasteiger partial charge in [-0.15, -0.1) is 0 Å². The predicted molar refractivity (Wildman–Crippen MR) is 107 cm³/mol. The van der Waals surface area contributed by atoms with Crippen LogP contribution in [-0.2, 0) is 6.42 Å². The molecule has 27 heavy (non-hydrogen) atoms. The van der Waals surface area contributed by atoms with Crippen molar-refractivity contribution in [3.8, 4) is 0 Å². The number of hydrogen-bond acceptors (Lipinski definition) is 3. The first-order valence-corrected chi connectivity index (χ1v) is 8.85. The number of amides is 1. The van der Waals surface area contributed by atoms with Crippen molar-refractivity contribution in [3.63, 3.8) is 0 Å². The standard InChI is InChI=1S/C22H22FN3O/c1-15-4-3-5-16(2)21(15)26-22(27)18-11-13-25-20(14-18)24-12-10-17-6-8-19(23)9-7-17/h3-9,11,13-14H,10,12H2,1-2H3,(H,24,25)(H,26,27). The number of para-hydroxylation sites is 1. The molecule has 1 heterocycles. The molecular formula is C22H22FN3O. The number of pyridine rings is 1. The van der Waals surface area contributed by atoms with Crippen molar-refractivity contribution >= 4 is 17.4 Å². The fraction of sp³-hybridized carbons (Fsp3) is 0.182. The molecule has 0 aliphatic rings. The maximum atomic E-state index is 12.9. The van der Waals surface area contributed by atoms with Crippen LogP contribution in [0.3, 0.4) is 0 Å². The molecule has 138 valence electrons. The van der Waals surface area contributed by atoms with Crippen molar-refractivity contribution in [2.75, 3.05) is 17.2 Å². The number of benzene rings is 2. The third-order valence-electron chi connectivity index (χ3n) is 4.37. The van der Waals surface area contributed by atoms with Gasteiger partial charge in [-0.3, -0.25) is 4.79 Å². The summed E-state index contributed by atoms with van der Waals surface area (Å²) in [6.45, 7) is 4.58. The molecule has 0 radical (unpaired) electrons. The molecule has 0 saturated heterocycles. The fourth-order valence-corrected chi connectivity index (χ4v) is 2.85. The molecule has 0 atom stereocenters. The van der Waals surface area contributed by atoms with Gasteiger partial charge in [0.2, 0.25) is 0 Å². The molecule has 4 nitrogen and oxygen atoms in total. The Bertz CT molecular complexity index is 918. The third-order valence-corrected chi connectivity index (χ3v) is 4.37. The Hall–Kier alpha value is -3.21. The molecular weight excluding hydrogens is 341 g/mol. The minimum atomic E-state index is -0.240. The van der Waals surface area contributed by atoms with Gasteiger partial charge in [0.25, 0.3) is 5.91 Å². The molecule has 3 aromatic rings. The summed E-state index contributed by atoms with van der Waals surface area (Å²) in [5.74, 6) is 0.221. The quantitative estimate of drug-likeness (QED) is 0.665. The van der Waals surface area contributed by atoms with Gasteiger partial charge in [-0.2, -0.15) is 0 Å². The van der Waals surface area contributed by atoms with Crippen LogP contribution in [0.4, 0.5) is 15.9 Å². The second-order valence-corrected chi connectivity index (χ2v) is 6.45. The van der Waals surface area contributed by atoms with E-state index in [9.17, 15) is 9.18 Å². The average molecular weight is 363 g/mol. The van der Waals surface area contributed by atoms with Crippen LogP contribution in [0.2, 0.25) is 0 Å². The monoisotopic (exact) mass is 363 g/mol. The smallest absolute Gasteiger partial charge is 0.255 e. The lowest BCUT2D eigenvalue weighted by atomic mass is 10.1. The lowest BCUT2D eigenvalue weighted by molar-refractivity contribution is 0.102. The third kappa shape index (κ3) is 4.91. The molecule has 2 aromatic carbocycles. The summed E-state index contributed by atoms with van der Waals surface area (Å²) in [6.07, 6.45) is 2.35. The van der Waals surface area contributed by atoms with E-state index >= 15 is 0 Å². The van der Waals surface area contributed by atoms with E-state index in [4.69, 9.17) is 0 Å². The Morgan fingerprint density at radius 2 is 1.74 bits per heavy atom. The topological polar surface area (TPSA) is 54.0 Å². The van der Waals surface area contributed by atoms with Gasteiger partial charge in [0.05, 0.1) is 0 Å². The molecule has 1 amide bonds. The van der Waals surface area contributed by atoms with Gasteiger partial charge in [0.1, 0.15) is 11.6 Å². The highest BCUT2D eigenvalue weighted by molar-refractivity contribution is 6.05. The number of aryl methyl sites for hydroxylation is 2. The van der Waals surface area contributed by atoms with Crippen LogP contribution in [0.5, 0.6) is 0 Å². The van der Waals surface area contributed by atoms with Gasteiger partial charge in [0, 0.05) is 24.0 Å². The van der Waals surface area contributed by atoms with E-state index in [1.54, 1.807) is 30.5 Å². The summed E-state index contributed by atoms with van der Waals surface area (Å²) in [5.41, 5.74) is 4.46. The maximum Gasteiger partial charge on any atom is 0.255 e. The average Bonchev–Trinajstić information content (AvgIpc) is 2.66. The van der Waals surface area contributed by atoms with Crippen molar-refractivity contribution in [1.82, 2.24) is 4.98 Å². The first-order chi connectivity index (χ1) is 13.0. The molecule has 0 bridgehead atoms. The molecule has 2 N–H and O–H groups in total. The van der Waals surface area contributed by atoms with Crippen LogP contribution in [0.15, 0.2) is 60.8 Å². The second-order valence-electron chi connectivity index (χ2n) is 6.45. The van der Waals surface area contributed by atoms with Gasteiger partial charge in [0.15, 0.2) is 0 Å². The van der Waals surface area contributed by atoms with E-state index in [2.05, 4.69) is 15.6 Å². The number of carbonyl (C=O) groups excluding carboxylic acids is 1. The highest BCUT2D eigenvalue weighted by atomic mass is 19.1. The van der Waals surface area contributed by atoms with Gasteiger partial charge >= 0.3 is 0 Å². The molecule has 0 fully saturated rings. The zero-order valence-electron chi connectivity index (χ0n) is 15.4. The van der Waals surface area contributed by atoms with E-state index < -0.39 is 0 Å². The largest absolute Gasteiger partial charge is 0.370 e. The predicted octanol–water partition coefficient (Wildman–Crippen LogP) is 4.74. The van der Waals surface area contributed by atoms with Crippen LogP contribution in [0.25, 0.3) is 0 Å². The minimum absolute atomic E-state index is 0.170. The van der Waals surface area contributed by atoms with Crippen molar-refractivity contribution in [2.24, 2.45) is 0 Å². The van der Waals surface area contributed by atoms with Crippen molar-refractivity contribution < 1.29 is 9.18 Å². The molecule has 0 saturated carbocycles. The molecule has 0 aliphatic carbocycles. The Morgan fingerprint density at radius 3 is 2.44 bits per heavy atom. The van der Waals surface area contributed by atoms with Crippen LogP contribution in [-0.4, -0.2) is 17.4 Å². The summed E-state index contributed by atoms with van der Waals surface area (Å²) in [7, 11) is 0. The molecule has 0 unspecified atom stereocenters. The van der Waals surface area contributed by atoms with Gasteiger partial charge in [-0.1, -0.05) is 30.3 Å². The maximum absolute atomic E-state index is 12.9. The number of aromatic nitrogens is 1. The Labute approximate surface area is 158 Å². The summed E-state index contributed by atoms with van der Waals surface area (Å²) in [6, 6.07) is 15.8. The number of nitrogens with zero attached hydrogens (tertiary/aromatic N) is 1. The highest BCUT2D eigenvalue weighted by Crippen LogP contribution is 2.20. The van der Waals surface area contributed by atoms with Gasteiger partial charge < -0.3 is 10.6 Å². The Balaban J connectivity index is 1.62. The molecule has 1 aromatic heterocycles. The Morgan fingerprint density at radius 1 is 1.04 bits per heavy atom. The minimum Gasteiger partial charge on any atom is -0.370 e. The van der Waals surface area contributed by atoms with E-state index in [0.717, 1.165) is 28.8 Å². The number of rotatable bonds is 6. The molecule has 3 rings (SSSR count). The van der Waals surface area contributed by atoms with Crippen LogP contribution in [0, 0.1) is 19.7 Å². The Kier molecular flexibility index (Phi) is 5.81. The van der Waals surface area contributed by atoms with Crippen molar-refractivity contribution in [1.29, 1.82) is 0 Å². The summed E-state index contributed by atoms with van der Waals surface area (Å²) in [4.78, 5) is 16.9. The molecule has 5 heteroatoms. The van der Waals surface area contributed by atoms with Crippen LogP contribution >= 0.6 is 0 Å². The zero-order chi connectivity index (χ0) is 19.2. The van der Waals surface area contributed by atoms with Crippen LogP contribution < -0.4 is 10.6 Å². The number of hydrogen-bond donors (Lipinski definition) is 2. The zero-order valence-corrected chi connectivity index (χ0v) is 15.4. The lowest BCUT2D eigenvalue weighted by Crippen LogP contribution is -2.15. The van der Waals surface area contributed by atoms with Gasteiger partial charge in [-0.25, -0.2) is 9.37 Å². The normalized spacial score (nSPS) is 10.5. The lowest BCUT2D eigenvalue weighted by Gasteiger charge is -2.12. The summed E-state index contributed by atoms with van der Waals surface area (Å²) < 4.78 is 12.9. The first kappa shape index (κ1) is 18.6.